The molecular weight excluding hydrogens is 335 g/mol. The van der Waals surface area contributed by atoms with Crippen molar-refractivity contribution >= 4 is 35.2 Å². The van der Waals surface area contributed by atoms with E-state index in [9.17, 15) is 0 Å². The van der Waals surface area contributed by atoms with Gasteiger partial charge in [0.05, 0.1) is 11.9 Å². The number of hydroxylamine groups is 2. The number of nitrogens with zero attached hydrogens (tertiary/aromatic N) is 3. The summed E-state index contributed by atoms with van der Waals surface area (Å²) in [6.07, 6.45) is 5.26. The topological polar surface area (TPSA) is 49.8 Å². The van der Waals surface area contributed by atoms with Crippen LogP contribution < -0.4 is 5.32 Å². The Kier molecular flexibility index (Phi) is 5.12. The maximum atomic E-state index is 6.13. The molecule has 2 heterocycles. The second-order valence-electron chi connectivity index (χ2n) is 4.77. The van der Waals surface area contributed by atoms with E-state index in [0.29, 0.717) is 16.7 Å². The number of aliphatic imine (C=N–C) groups is 1. The highest BCUT2D eigenvalue weighted by molar-refractivity contribution is 6.35. The monoisotopic (exact) mass is 348 g/mol. The van der Waals surface area contributed by atoms with Crippen molar-refractivity contribution in [2.45, 2.75) is 6.61 Å². The van der Waals surface area contributed by atoms with Crippen molar-refractivity contribution in [2.24, 2.45) is 4.99 Å². The zero-order chi connectivity index (χ0) is 16.1. The summed E-state index contributed by atoms with van der Waals surface area (Å²) < 4.78 is 0. The first-order valence-electron chi connectivity index (χ1n) is 6.94. The van der Waals surface area contributed by atoms with Crippen LogP contribution in [0.2, 0.25) is 10.0 Å². The second-order valence-corrected chi connectivity index (χ2v) is 5.58. The quantitative estimate of drug-likeness (QED) is 0.882. The zero-order valence-electron chi connectivity index (χ0n) is 12.1. The van der Waals surface area contributed by atoms with Crippen molar-refractivity contribution in [2.75, 3.05) is 12.0 Å². The molecule has 3 rings (SSSR count). The van der Waals surface area contributed by atoms with Crippen LogP contribution in [0.4, 0.5) is 5.82 Å². The van der Waals surface area contributed by atoms with E-state index in [1.807, 2.05) is 24.4 Å². The molecule has 0 saturated heterocycles. The lowest BCUT2D eigenvalue weighted by Crippen LogP contribution is -2.24. The summed E-state index contributed by atoms with van der Waals surface area (Å²) in [6, 6.07) is 11.0. The van der Waals surface area contributed by atoms with Gasteiger partial charge < -0.3 is 5.32 Å². The molecule has 0 fully saturated rings. The highest BCUT2D eigenvalue weighted by Gasteiger charge is 2.11. The van der Waals surface area contributed by atoms with E-state index in [2.05, 4.69) is 15.3 Å². The molecule has 2 aromatic rings. The lowest BCUT2D eigenvalue weighted by Gasteiger charge is -2.22. The number of halogens is 2. The first-order chi connectivity index (χ1) is 11.2. The van der Waals surface area contributed by atoms with Crippen LogP contribution in [-0.4, -0.2) is 22.9 Å². The third-order valence-electron chi connectivity index (χ3n) is 3.11. The number of anilines is 1. The van der Waals surface area contributed by atoms with Gasteiger partial charge in [-0.1, -0.05) is 35.3 Å². The Labute approximate surface area is 144 Å². The van der Waals surface area contributed by atoms with Gasteiger partial charge in [-0.3, -0.25) is 9.83 Å². The molecular formula is C16H14Cl2N4O. The molecule has 5 nitrogen and oxygen atoms in total. The minimum absolute atomic E-state index is 0.265. The zero-order valence-corrected chi connectivity index (χ0v) is 13.6. The van der Waals surface area contributed by atoms with E-state index >= 15 is 0 Å². The van der Waals surface area contributed by atoms with Crippen molar-refractivity contribution in [3.05, 3.63) is 70.1 Å². The van der Waals surface area contributed by atoms with Crippen LogP contribution >= 0.6 is 23.2 Å². The van der Waals surface area contributed by atoms with Crippen molar-refractivity contribution < 1.29 is 4.84 Å². The Balaban J connectivity index is 1.64. The number of nitrogens with one attached hydrogen (secondary N) is 1. The molecule has 23 heavy (non-hydrogen) atoms. The van der Waals surface area contributed by atoms with Gasteiger partial charge >= 0.3 is 0 Å². The predicted molar refractivity (Wildman–Crippen MR) is 92.4 cm³/mol. The van der Waals surface area contributed by atoms with Gasteiger partial charge in [0.2, 0.25) is 0 Å². The lowest BCUT2D eigenvalue weighted by molar-refractivity contribution is -0.130. The summed E-state index contributed by atoms with van der Waals surface area (Å²) in [6.45, 7) is 0.664. The number of aromatic nitrogens is 1. The number of rotatable bonds is 5. The predicted octanol–water partition coefficient (Wildman–Crippen LogP) is 4.12. The number of allylic oxidation sites excluding steroid dienone is 1. The third kappa shape index (κ3) is 4.22. The van der Waals surface area contributed by atoms with Crippen molar-refractivity contribution in [1.82, 2.24) is 10.0 Å². The Morgan fingerprint density at radius 3 is 2.70 bits per heavy atom. The van der Waals surface area contributed by atoms with E-state index in [0.717, 1.165) is 17.1 Å². The Bertz CT molecular complexity index is 714. The molecule has 1 aliphatic heterocycles. The molecule has 0 aliphatic carbocycles. The summed E-state index contributed by atoms with van der Waals surface area (Å²) in [4.78, 5) is 14.2. The molecule has 7 heteroatoms. The fourth-order valence-electron chi connectivity index (χ4n) is 1.99. The Hall–Kier alpha value is -2.08. The number of hydrogen-bond acceptors (Lipinski definition) is 5. The molecule has 1 aromatic carbocycles. The van der Waals surface area contributed by atoms with E-state index in [1.165, 1.54) is 0 Å². The van der Waals surface area contributed by atoms with Crippen LogP contribution in [0.25, 0.3) is 0 Å². The summed E-state index contributed by atoms with van der Waals surface area (Å²) in [5.41, 5.74) is 1.53. The van der Waals surface area contributed by atoms with Crippen LogP contribution in [0.5, 0.6) is 0 Å². The van der Waals surface area contributed by atoms with Gasteiger partial charge in [-0.25, -0.2) is 10.0 Å². The molecule has 0 spiro atoms. The molecule has 0 radical (unpaired) electrons. The van der Waals surface area contributed by atoms with Gasteiger partial charge in [0, 0.05) is 28.0 Å². The van der Waals surface area contributed by atoms with Crippen LogP contribution in [-0.2, 0) is 11.4 Å². The molecule has 0 atom stereocenters. The molecule has 1 aromatic heterocycles. The van der Waals surface area contributed by atoms with Crippen LogP contribution in [0.3, 0.4) is 0 Å². The van der Waals surface area contributed by atoms with Gasteiger partial charge in [-0.05, 0) is 24.3 Å². The van der Waals surface area contributed by atoms with E-state index in [4.69, 9.17) is 28.0 Å². The van der Waals surface area contributed by atoms with Crippen molar-refractivity contribution in [3.63, 3.8) is 0 Å². The van der Waals surface area contributed by atoms with Gasteiger partial charge in [-0.2, -0.15) is 0 Å². The van der Waals surface area contributed by atoms with Gasteiger partial charge in [0.1, 0.15) is 19.1 Å². The summed E-state index contributed by atoms with van der Waals surface area (Å²) in [7, 11) is 0. The molecule has 0 amide bonds. The molecule has 0 saturated carbocycles. The fraction of sp³-hybridized carbons (Fsp3) is 0.125. The largest absolute Gasteiger partial charge is 0.338 e. The summed E-state index contributed by atoms with van der Waals surface area (Å²) in [5, 5.41) is 5.93. The highest BCUT2D eigenvalue weighted by atomic mass is 35.5. The lowest BCUT2D eigenvalue weighted by atomic mass is 10.2. The van der Waals surface area contributed by atoms with E-state index in [1.54, 1.807) is 35.7 Å². The van der Waals surface area contributed by atoms with Crippen molar-refractivity contribution in [1.29, 1.82) is 0 Å². The first kappa shape index (κ1) is 15.8. The maximum Gasteiger partial charge on any atom is 0.135 e. The average Bonchev–Trinajstić information content (AvgIpc) is 2.56. The fourth-order valence-corrected chi connectivity index (χ4v) is 2.50. The normalized spacial score (nSPS) is 13.8. The molecule has 1 N–H and O–H groups in total. The minimum atomic E-state index is 0.265. The molecule has 0 bridgehead atoms. The summed E-state index contributed by atoms with van der Waals surface area (Å²) >= 11 is 12.3. The first-order valence-corrected chi connectivity index (χ1v) is 7.70. The minimum Gasteiger partial charge on any atom is -0.338 e. The molecule has 1 aliphatic rings. The Morgan fingerprint density at radius 2 is 1.96 bits per heavy atom. The van der Waals surface area contributed by atoms with Gasteiger partial charge in [0.15, 0.2) is 0 Å². The van der Waals surface area contributed by atoms with Gasteiger partial charge in [0.25, 0.3) is 0 Å². The number of pyridine rings is 1. The van der Waals surface area contributed by atoms with E-state index < -0.39 is 0 Å². The SMILES string of the molecule is Clc1cccc(Cl)c1CON1C=C(Nc2ccccn2)C=NC1. The molecule has 0 unspecified atom stereocenters. The third-order valence-corrected chi connectivity index (χ3v) is 3.82. The Morgan fingerprint density at radius 1 is 1.13 bits per heavy atom. The van der Waals surface area contributed by atoms with E-state index in [-0.39, 0.29) is 6.61 Å². The summed E-state index contributed by atoms with van der Waals surface area (Å²) in [5.74, 6) is 0.737. The molecule has 118 valence electrons. The second kappa shape index (κ2) is 7.46. The average molecular weight is 349 g/mol. The standard InChI is InChI=1S/C16H14Cl2N4O/c17-14-4-3-5-15(18)13(14)10-23-22-9-12(8-19-11-22)21-16-6-1-2-7-20-16/h1-9H,10-11H2,(H,20,21). The van der Waals surface area contributed by atoms with Crippen LogP contribution in [0.15, 0.2) is 59.5 Å². The smallest absolute Gasteiger partial charge is 0.135 e. The number of hydrogen-bond donors (Lipinski definition) is 1. The highest BCUT2D eigenvalue weighted by Crippen LogP contribution is 2.25. The van der Waals surface area contributed by atoms with Crippen LogP contribution in [0.1, 0.15) is 5.56 Å². The maximum absolute atomic E-state index is 6.13. The number of benzene rings is 1. The van der Waals surface area contributed by atoms with Gasteiger partial charge in [-0.15, -0.1) is 0 Å². The van der Waals surface area contributed by atoms with Crippen LogP contribution in [0, 0.1) is 0 Å². The van der Waals surface area contributed by atoms with Crippen molar-refractivity contribution in [3.8, 4) is 0 Å².